The van der Waals surface area contributed by atoms with Gasteiger partial charge in [-0.15, -0.1) is 0 Å². The van der Waals surface area contributed by atoms with Crippen LogP contribution < -0.4 is 0 Å². The zero-order chi connectivity index (χ0) is 12.6. The monoisotopic (exact) mass is 243 g/mol. The fraction of sp³-hybridized carbons (Fsp3) is 0.400. The summed E-state index contributed by atoms with van der Waals surface area (Å²) in [7, 11) is 0. The van der Waals surface area contributed by atoms with Gasteiger partial charge >= 0.3 is 0 Å². The average molecular weight is 243 g/mol. The lowest BCUT2D eigenvalue weighted by Gasteiger charge is -2.28. The number of para-hydroxylation sites is 1. The number of rotatable bonds is 2. The van der Waals surface area contributed by atoms with Crippen molar-refractivity contribution in [3.05, 3.63) is 42.1 Å². The molecule has 0 bridgehead atoms. The third-order valence-corrected chi connectivity index (χ3v) is 3.91. The highest BCUT2D eigenvalue weighted by atomic mass is 16.3. The minimum atomic E-state index is -0.968. The Labute approximate surface area is 106 Å². The molecular weight excluding hydrogens is 226 g/mol. The zero-order valence-electron chi connectivity index (χ0n) is 10.2. The Hall–Kier alpha value is -1.45. The first-order valence-corrected chi connectivity index (χ1v) is 6.44. The van der Waals surface area contributed by atoms with Crippen molar-refractivity contribution in [1.82, 2.24) is 4.98 Å². The minimum absolute atomic E-state index is 0.668. The normalized spacial score (nSPS) is 20.1. The molecule has 0 saturated heterocycles. The van der Waals surface area contributed by atoms with E-state index in [-0.39, 0.29) is 0 Å². The number of hydrogen-bond acceptors (Lipinski definition) is 3. The molecule has 3 rings (SSSR count). The Morgan fingerprint density at radius 1 is 1.17 bits per heavy atom. The topological polar surface area (TPSA) is 53.4 Å². The molecule has 2 N–H and O–H groups in total. The van der Waals surface area contributed by atoms with E-state index < -0.39 is 11.7 Å². The quantitative estimate of drug-likeness (QED) is 0.852. The first kappa shape index (κ1) is 11.6. The molecule has 94 valence electrons. The highest BCUT2D eigenvalue weighted by molar-refractivity contribution is 5.78. The van der Waals surface area contributed by atoms with E-state index in [9.17, 15) is 10.2 Å². The van der Waals surface area contributed by atoms with Gasteiger partial charge in [-0.25, -0.2) is 0 Å². The molecule has 1 saturated carbocycles. The molecule has 1 fully saturated rings. The molecular formula is C15H17NO2. The van der Waals surface area contributed by atoms with Crippen LogP contribution in [-0.4, -0.2) is 20.8 Å². The van der Waals surface area contributed by atoms with E-state index in [4.69, 9.17) is 0 Å². The van der Waals surface area contributed by atoms with Gasteiger partial charge in [-0.2, -0.15) is 0 Å². The SMILES string of the molecule is OC(c1cnc2ccccc2c1)C1(O)CCCC1. The van der Waals surface area contributed by atoms with Crippen LogP contribution in [0.2, 0.25) is 0 Å². The third kappa shape index (κ3) is 1.89. The Kier molecular flexibility index (Phi) is 2.80. The lowest BCUT2D eigenvalue weighted by atomic mass is 9.90. The minimum Gasteiger partial charge on any atom is -0.387 e. The Balaban J connectivity index is 1.98. The van der Waals surface area contributed by atoms with Crippen molar-refractivity contribution in [2.75, 3.05) is 0 Å². The summed E-state index contributed by atoms with van der Waals surface area (Å²) in [4.78, 5) is 4.33. The van der Waals surface area contributed by atoms with Crippen molar-refractivity contribution in [3.63, 3.8) is 0 Å². The summed E-state index contributed by atoms with van der Waals surface area (Å²) in [5.41, 5.74) is 0.648. The van der Waals surface area contributed by atoms with E-state index in [0.717, 1.165) is 23.7 Å². The van der Waals surface area contributed by atoms with Crippen molar-refractivity contribution in [2.24, 2.45) is 0 Å². The second-order valence-electron chi connectivity index (χ2n) is 5.17. The number of nitrogens with zero attached hydrogens (tertiary/aromatic N) is 1. The molecule has 1 aromatic carbocycles. The molecule has 0 amide bonds. The average Bonchev–Trinajstić information content (AvgIpc) is 2.85. The van der Waals surface area contributed by atoms with Gasteiger partial charge in [0.25, 0.3) is 0 Å². The van der Waals surface area contributed by atoms with Crippen molar-refractivity contribution in [1.29, 1.82) is 0 Å². The first-order chi connectivity index (χ1) is 8.69. The van der Waals surface area contributed by atoms with E-state index in [1.54, 1.807) is 6.20 Å². The number of fused-ring (bicyclic) bond motifs is 1. The fourth-order valence-corrected chi connectivity index (χ4v) is 2.81. The van der Waals surface area contributed by atoms with E-state index in [2.05, 4.69) is 4.98 Å². The predicted octanol–water partition coefficient (Wildman–Crippen LogP) is 2.57. The largest absolute Gasteiger partial charge is 0.387 e. The number of hydrogen-bond donors (Lipinski definition) is 2. The van der Waals surface area contributed by atoms with Crippen molar-refractivity contribution >= 4 is 10.9 Å². The van der Waals surface area contributed by atoms with Crippen molar-refractivity contribution < 1.29 is 10.2 Å². The summed E-state index contributed by atoms with van der Waals surface area (Å²) in [6.07, 6.45) is 4.13. The molecule has 3 nitrogen and oxygen atoms in total. The van der Waals surface area contributed by atoms with Crippen molar-refractivity contribution in [2.45, 2.75) is 37.4 Å². The molecule has 1 atom stereocenters. The standard InChI is InChI=1S/C15H17NO2/c17-14(15(18)7-3-4-8-15)12-9-11-5-1-2-6-13(11)16-10-12/h1-2,5-6,9-10,14,17-18H,3-4,7-8H2. The predicted molar refractivity (Wildman–Crippen MR) is 70.1 cm³/mol. The number of aliphatic hydroxyl groups is 2. The lowest BCUT2D eigenvalue weighted by molar-refractivity contribution is -0.0719. The van der Waals surface area contributed by atoms with Crippen LogP contribution >= 0.6 is 0 Å². The van der Waals surface area contributed by atoms with E-state index in [1.807, 2.05) is 30.3 Å². The second kappa shape index (κ2) is 4.34. The fourth-order valence-electron chi connectivity index (χ4n) is 2.81. The first-order valence-electron chi connectivity index (χ1n) is 6.44. The molecule has 0 radical (unpaired) electrons. The number of pyridine rings is 1. The summed E-state index contributed by atoms with van der Waals surface area (Å²) in [6.45, 7) is 0. The van der Waals surface area contributed by atoms with Crippen molar-refractivity contribution in [3.8, 4) is 0 Å². The van der Waals surface area contributed by atoms with Gasteiger partial charge in [-0.1, -0.05) is 31.0 Å². The second-order valence-corrected chi connectivity index (χ2v) is 5.17. The molecule has 0 spiro atoms. The molecule has 18 heavy (non-hydrogen) atoms. The third-order valence-electron chi connectivity index (χ3n) is 3.91. The molecule has 3 heteroatoms. The van der Waals surface area contributed by atoms with Gasteiger partial charge in [0.1, 0.15) is 6.10 Å². The van der Waals surface area contributed by atoms with Crippen LogP contribution in [0.3, 0.4) is 0 Å². The maximum Gasteiger partial charge on any atom is 0.109 e. The van der Waals surface area contributed by atoms with Gasteiger partial charge in [0, 0.05) is 17.1 Å². The number of benzene rings is 1. The van der Waals surface area contributed by atoms with Crippen LogP contribution in [0.15, 0.2) is 36.5 Å². The Morgan fingerprint density at radius 3 is 2.67 bits per heavy atom. The molecule has 1 heterocycles. The summed E-state index contributed by atoms with van der Waals surface area (Å²) >= 11 is 0. The summed E-state index contributed by atoms with van der Waals surface area (Å²) in [5, 5.41) is 21.8. The lowest BCUT2D eigenvalue weighted by Crippen LogP contribution is -2.32. The smallest absolute Gasteiger partial charge is 0.109 e. The van der Waals surface area contributed by atoms with Crippen LogP contribution in [-0.2, 0) is 0 Å². The van der Waals surface area contributed by atoms with E-state index in [1.165, 1.54) is 0 Å². The maximum absolute atomic E-state index is 10.4. The van der Waals surface area contributed by atoms with Crippen LogP contribution in [0.1, 0.15) is 37.4 Å². The Bertz CT molecular complexity index is 561. The van der Waals surface area contributed by atoms with E-state index in [0.29, 0.717) is 18.4 Å². The van der Waals surface area contributed by atoms with Crippen LogP contribution in [0, 0.1) is 0 Å². The highest BCUT2D eigenvalue weighted by Crippen LogP contribution is 2.39. The van der Waals surface area contributed by atoms with Gasteiger partial charge in [-0.05, 0) is 25.0 Å². The molecule has 0 aliphatic heterocycles. The van der Waals surface area contributed by atoms with E-state index >= 15 is 0 Å². The maximum atomic E-state index is 10.4. The molecule has 1 aromatic heterocycles. The van der Waals surface area contributed by atoms with Gasteiger partial charge in [0.15, 0.2) is 0 Å². The summed E-state index contributed by atoms with van der Waals surface area (Å²) in [6, 6.07) is 9.72. The van der Waals surface area contributed by atoms with Gasteiger partial charge < -0.3 is 10.2 Å². The molecule has 1 aliphatic rings. The Morgan fingerprint density at radius 2 is 1.89 bits per heavy atom. The highest BCUT2D eigenvalue weighted by Gasteiger charge is 2.39. The molecule has 2 aromatic rings. The molecule has 1 aliphatic carbocycles. The number of aromatic nitrogens is 1. The number of aliphatic hydroxyl groups excluding tert-OH is 1. The van der Waals surface area contributed by atoms with Gasteiger partial charge in [0.05, 0.1) is 11.1 Å². The summed E-state index contributed by atoms with van der Waals surface area (Å²) < 4.78 is 0. The van der Waals surface area contributed by atoms with Gasteiger partial charge in [0.2, 0.25) is 0 Å². The molecule has 1 unspecified atom stereocenters. The summed E-state index contributed by atoms with van der Waals surface area (Å²) in [5.74, 6) is 0. The van der Waals surface area contributed by atoms with Crippen LogP contribution in [0.5, 0.6) is 0 Å². The van der Waals surface area contributed by atoms with Crippen LogP contribution in [0.25, 0.3) is 10.9 Å². The van der Waals surface area contributed by atoms with Gasteiger partial charge in [-0.3, -0.25) is 4.98 Å². The zero-order valence-corrected chi connectivity index (χ0v) is 10.2. The van der Waals surface area contributed by atoms with Crippen LogP contribution in [0.4, 0.5) is 0 Å².